The molecule has 0 bridgehead atoms. The van der Waals surface area contributed by atoms with Gasteiger partial charge in [0.1, 0.15) is 4.60 Å². The molecule has 1 aromatic rings. The maximum absolute atomic E-state index is 11.1. The van der Waals surface area contributed by atoms with Crippen LogP contribution in [0.2, 0.25) is 5.02 Å². The number of methoxy groups -OCH3 is 1. The van der Waals surface area contributed by atoms with E-state index in [4.69, 9.17) is 11.6 Å². The average molecular weight is 329 g/mol. The third-order valence-corrected chi connectivity index (χ3v) is 2.90. The highest BCUT2D eigenvalue weighted by Crippen LogP contribution is 2.28. The third-order valence-electron chi connectivity index (χ3n) is 1.26. The minimum atomic E-state index is -0.563. The summed E-state index contributed by atoms with van der Waals surface area (Å²) in [5.74, 6) is -0.563. The standard InChI is InChI=1S/C7H4Br2ClNO2/c1-13-7(12)6-5(10)3(8)2-4(9)11-6/h2H,1H3. The summed E-state index contributed by atoms with van der Waals surface area (Å²) in [6.45, 7) is 0. The Morgan fingerprint density at radius 1 is 1.62 bits per heavy atom. The lowest BCUT2D eigenvalue weighted by Gasteiger charge is -2.03. The van der Waals surface area contributed by atoms with Crippen LogP contribution in [0, 0.1) is 0 Å². The lowest BCUT2D eigenvalue weighted by molar-refractivity contribution is 0.0594. The first-order chi connectivity index (χ1) is 6.06. The molecule has 0 saturated carbocycles. The van der Waals surface area contributed by atoms with E-state index in [2.05, 4.69) is 41.6 Å². The highest BCUT2D eigenvalue weighted by Gasteiger charge is 2.15. The number of hydrogen-bond acceptors (Lipinski definition) is 3. The Kier molecular flexibility index (Phi) is 3.70. The second-order valence-corrected chi connectivity index (χ2v) is 4.13. The summed E-state index contributed by atoms with van der Waals surface area (Å²) >= 11 is 12.1. The van der Waals surface area contributed by atoms with Gasteiger partial charge in [-0.2, -0.15) is 0 Å². The predicted octanol–water partition coefficient (Wildman–Crippen LogP) is 3.05. The average Bonchev–Trinajstić information content (AvgIpc) is 2.10. The molecule has 0 aliphatic carbocycles. The smallest absolute Gasteiger partial charge is 0.358 e. The number of ether oxygens (including phenoxy) is 1. The fourth-order valence-electron chi connectivity index (χ4n) is 0.701. The van der Waals surface area contributed by atoms with E-state index >= 15 is 0 Å². The molecule has 0 aliphatic heterocycles. The van der Waals surface area contributed by atoms with Gasteiger partial charge < -0.3 is 4.74 Å². The van der Waals surface area contributed by atoms with Crippen LogP contribution in [0.5, 0.6) is 0 Å². The van der Waals surface area contributed by atoms with E-state index in [9.17, 15) is 4.79 Å². The van der Waals surface area contributed by atoms with Crippen molar-refractivity contribution in [2.75, 3.05) is 7.11 Å². The molecule has 3 nitrogen and oxygen atoms in total. The molecule has 6 heteroatoms. The molecule has 0 saturated heterocycles. The van der Waals surface area contributed by atoms with Gasteiger partial charge >= 0.3 is 5.97 Å². The molecule has 70 valence electrons. The number of hydrogen-bond donors (Lipinski definition) is 0. The fourth-order valence-corrected chi connectivity index (χ4v) is 1.99. The van der Waals surface area contributed by atoms with Gasteiger partial charge in [-0.25, -0.2) is 9.78 Å². The zero-order valence-corrected chi connectivity index (χ0v) is 10.4. The highest BCUT2D eigenvalue weighted by molar-refractivity contribution is 9.11. The normalized spacial score (nSPS) is 9.85. The molecule has 0 N–H and O–H groups in total. The van der Waals surface area contributed by atoms with Crippen LogP contribution < -0.4 is 0 Å². The van der Waals surface area contributed by atoms with Gasteiger partial charge in [0.25, 0.3) is 0 Å². The number of halogens is 3. The molecular formula is C7H4Br2ClNO2. The number of rotatable bonds is 1. The van der Waals surface area contributed by atoms with Gasteiger partial charge in [-0.3, -0.25) is 0 Å². The minimum Gasteiger partial charge on any atom is -0.464 e. The minimum absolute atomic E-state index is 0.0883. The van der Waals surface area contributed by atoms with Crippen LogP contribution in [0.15, 0.2) is 15.1 Å². The Balaban J connectivity index is 3.28. The summed E-state index contributed by atoms with van der Waals surface area (Å²) in [5.41, 5.74) is 0.0883. The number of aromatic nitrogens is 1. The van der Waals surface area contributed by atoms with Crippen LogP contribution >= 0.6 is 43.5 Å². The lowest BCUT2D eigenvalue weighted by atomic mass is 10.3. The maximum Gasteiger partial charge on any atom is 0.358 e. The summed E-state index contributed by atoms with van der Waals surface area (Å²) in [5, 5.41) is 0.245. The Morgan fingerprint density at radius 2 is 2.23 bits per heavy atom. The molecule has 0 atom stereocenters. The topological polar surface area (TPSA) is 39.2 Å². The summed E-state index contributed by atoms with van der Waals surface area (Å²) in [6, 6.07) is 1.65. The van der Waals surface area contributed by atoms with E-state index in [1.165, 1.54) is 7.11 Å². The Labute approximate surface area is 96.7 Å². The van der Waals surface area contributed by atoms with Crippen molar-refractivity contribution in [2.45, 2.75) is 0 Å². The molecule has 1 rings (SSSR count). The SMILES string of the molecule is COC(=O)c1nc(Br)cc(Br)c1Cl. The van der Waals surface area contributed by atoms with Crippen molar-refractivity contribution in [3.63, 3.8) is 0 Å². The quantitative estimate of drug-likeness (QED) is 0.587. The van der Waals surface area contributed by atoms with Crippen LogP contribution in [0.4, 0.5) is 0 Å². The zero-order valence-electron chi connectivity index (χ0n) is 6.47. The van der Waals surface area contributed by atoms with Crippen LogP contribution in [0.25, 0.3) is 0 Å². The summed E-state index contributed by atoms with van der Waals surface area (Å²) in [7, 11) is 1.27. The fraction of sp³-hybridized carbons (Fsp3) is 0.143. The van der Waals surface area contributed by atoms with Crippen LogP contribution in [-0.2, 0) is 4.74 Å². The van der Waals surface area contributed by atoms with Gasteiger partial charge in [-0.1, -0.05) is 11.6 Å². The van der Waals surface area contributed by atoms with E-state index in [-0.39, 0.29) is 10.7 Å². The first-order valence-electron chi connectivity index (χ1n) is 3.16. The van der Waals surface area contributed by atoms with Crippen LogP contribution in [0.1, 0.15) is 10.5 Å². The predicted molar refractivity (Wildman–Crippen MR) is 56.0 cm³/mol. The summed E-state index contributed by atoms with van der Waals surface area (Å²) in [6.07, 6.45) is 0. The number of nitrogens with zero attached hydrogens (tertiary/aromatic N) is 1. The van der Waals surface area contributed by atoms with Crippen molar-refractivity contribution in [2.24, 2.45) is 0 Å². The number of esters is 1. The van der Waals surface area contributed by atoms with Crippen molar-refractivity contribution >= 4 is 49.4 Å². The highest BCUT2D eigenvalue weighted by atomic mass is 79.9. The molecule has 0 amide bonds. The van der Waals surface area contributed by atoms with Gasteiger partial charge in [0.05, 0.1) is 12.1 Å². The van der Waals surface area contributed by atoms with Crippen LogP contribution in [-0.4, -0.2) is 18.1 Å². The Morgan fingerprint density at radius 3 is 2.77 bits per heavy atom. The Hall–Kier alpha value is -0.130. The molecule has 0 fully saturated rings. The molecule has 1 heterocycles. The van der Waals surface area contributed by atoms with Gasteiger partial charge in [-0.05, 0) is 37.9 Å². The number of carbonyl (C=O) groups is 1. The molecule has 0 spiro atoms. The lowest BCUT2D eigenvalue weighted by Crippen LogP contribution is -2.05. The van der Waals surface area contributed by atoms with Gasteiger partial charge in [0, 0.05) is 4.47 Å². The van der Waals surface area contributed by atoms with Crippen LogP contribution in [0.3, 0.4) is 0 Å². The van der Waals surface area contributed by atoms with E-state index in [1.54, 1.807) is 6.07 Å². The molecular weight excluding hydrogens is 325 g/mol. The molecule has 0 aromatic carbocycles. The largest absolute Gasteiger partial charge is 0.464 e. The maximum atomic E-state index is 11.1. The monoisotopic (exact) mass is 327 g/mol. The molecule has 0 radical (unpaired) electrons. The van der Waals surface area contributed by atoms with E-state index < -0.39 is 5.97 Å². The number of carbonyl (C=O) groups excluding carboxylic acids is 1. The van der Waals surface area contributed by atoms with E-state index in [1.807, 2.05) is 0 Å². The van der Waals surface area contributed by atoms with E-state index in [0.29, 0.717) is 9.08 Å². The zero-order chi connectivity index (χ0) is 10.0. The van der Waals surface area contributed by atoms with Crippen molar-refractivity contribution in [1.29, 1.82) is 0 Å². The first-order valence-corrected chi connectivity index (χ1v) is 5.12. The molecule has 13 heavy (non-hydrogen) atoms. The van der Waals surface area contributed by atoms with Gasteiger partial charge in [-0.15, -0.1) is 0 Å². The van der Waals surface area contributed by atoms with Crippen molar-refractivity contribution in [3.8, 4) is 0 Å². The first kappa shape index (κ1) is 10.9. The van der Waals surface area contributed by atoms with Crippen molar-refractivity contribution in [3.05, 3.63) is 25.9 Å². The van der Waals surface area contributed by atoms with E-state index in [0.717, 1.165) is 0 Å². The molecule has 0 aliphatic rings. The summed E-state index contributed by atoms with van der Waals surface area (Å²) < 4.78 is 5.61. The van der Waals surface area contributed by atoms with Gasteiger partial charge in [0.2, 0.25) is 0 Å². The van der Waals surface area contributed by atoms with Crippen molar-refractivity contribution in [1.82, 2.24) is 4.98 Å². The Bertz CT molecular complexity index is 357. The van der Waals surface area contributed by atoms with Crippen molar-refractivity contribution < 1.29 is 9.53 Å². The molecule has 0 unspecified atom stereocenters. The third kappa shape index (κ3) is 2.42. The second-order valence-electron chi connectivity index (χ2n) is 2.08. The number of pyridine rings is 1. The summed E-state index contributed by atoms with van der Waals surface area (Å²) in [4.78, 5) is 15.0. The van der Waals surface area contributed by atoms with Gasteiger partial charge in [0.15, 0.2) is 5.69 Å². The molecule has 1 aromatic heterocycles. The second kappa shape index (κ2) is 4.39.